The largest absolute Gasteiger partial charge is 0.495 e. The number of nitrogens with one attached hydrogen (secondary N) is 1. The third-order valence-corrected chi connectivity index (χ3v) is 2.97. The summed E-state index contributed by atoms with van der Waals surface area (Å²) >= 11 is 0. The molecule has 0 fully saturated rings. The van der Waals surface area contributed by atoms with Crippen LogP contribution >= 0.6 is 0 Å². The van der Waals surface area contributed by atoms with Crippen LogP contribution in [0.5, 0.6) is 5.75 Å². The fourth-order valence-electron chi connectivity index (χ4n) is 2.20. The molecular weight excluding hydrogens is 216 g/mol. The molecule has 17 heavy (non-hydrogen) atoms. The predicted octanol–water partition coefficient (Wildman–Crippen LogP) is 1.44. The van der Waals surface area contributed by atoms with Gasteiger partial charge >= 0.3 is 0 Å². The van der Waals surface area contributed by atoms with Gasteiger partial charge in [0.05, 0.1) is 18.7 Å². The van der Waals surface area contributed by atoms with Crippen molar-refractivity contribution in [3.63, 3.8) is 0 Å². The van der Waals surface area contributed by atoms with Gasteiger partial charge in [0.1, 0.15) is 5.75 Å². The predicted molar refractivity (Wildman–Crippen MR) is 68.4 cm³/mol. The lowest BCUT2D eigenvalue weighted by atomic mass is 10.1. The van der Waals surface area contributed by atoms with Crippen LogP contribution in [0.1, 0.15) is 11.7 Å². The quantitative estimate of drug-likeness (QED) is 0.841. The first kappa shape index (κ1) is 12.0. The second kappa shape index (κ2) is 4.77. The van der Waals surface area contributed by atoms with Crippen LogP contribution < -0.4 is 10.1 Å². The first-order valence-electron chi connectivity index (χ1n) is 5.63. The van der Waals surface area contributed by atoms with Crippen molar-refractivity contribution in [2.24, 2.45) is 7.05 Å². The van der Waals surface area contributed by atoms with E-state index in [1.54, 1.807) is 7.11 Å². The molecule has 1 aromatic carbocycles. The van der Waals surface area contributed by atoms with Gasteiger partial charge in [0.2, 0.25) is 0 Å². The Morgan fingerprint density at radius 2 is 2.24 bits per heavy atom. The van der Waals surface area contributed by atoms with Crippen LogP contribution in [0.3, 0.4) is 0 Å². The van der Waals surface area contributed by atoms with Gasteiger partial charge in [-0.2, -0.15) is 0 Å². The van der Waals surface area contributed by atoms with Gasteiger partial charge in [-0.25, -0.2) is 0 Å². The van der Waals surface area contributed by atoms with Crippen LogP contribution in [-0.4, -0.2) is 30.4 Å². The van der Waals surface area contributed by atoms with Gasteiger partial charge in [0.25, 0.3) is 0 Å². The minimum Gasteiger partial charge on any atom is -0.495 e. The van der Waals surface area contributed by atoms with E-state index in [1.807, 2.05) is 43.1 Å². The fraction of sp³-hybridized carbons (Fsp3) is 0.385. The molecule has 0 aliphatic rings. The standard InChI is InChI=1S/C13H18N2O2/c1-14-7-11(16)10-8-15(2)13-9(10)5-4-6-12(13)17-3/h4-6,8,11,14,16H,7H2,1-3H3. The van der Waals surface area contributed by atoms with Gasteiger partial charge in [-0.15, -0.1) is 0 Å². The van der Waals surface area contributed by atoms with Crippen molar-refractivity contribution in [1.82, 2.24) is 9.88 Å². The number of nitrogens with zero attached hydrogens (tertiary/aromatic N) is 1. The molecule has 1 atom stereocenters. The van der Waals surface area contributed by atoms with Crippen molar-refractivity contribution in [3.8, 4) is 5.75 Å². The smallest absolute Gasteiger partial charge is 0.143 e. The lowest BCUT2D eigenvalue weighted by Gasteiger charge is -2.08. The third-order valence-electron chi connectivity index (χ3n) is 2.97. The zero-order valence-corrected chi connectivity index (χ0v) is 10.4. The highest BCUT2D eigenvalue weighted by atomic mass is 16.5. The molecule has 4 nitrogen and oxygen atoms in total. The molecule has 1 unspecified atom stereocenters. The van der Waals surface area contributed by atoms with E-state index < -0.39 is 6.10 Å². The summed E-state index contributed by atoms with van der Waals surface area (Å²) in [5, 5.41) is 14.1. The van der Waals surface area contributed by atoms with Crippen molar-refractivity contribution >= 4 is 10.9 Å². The summed E-state index contributed by atoms with van der Waals surface area (Å²) in [5.41, 5.74) is 1.94. The topological polar surface area (TPSA) is 46.4 Å². The number of hydrogen-bond acceptors (Lipinski definition) is 3. The molecule has 0 saturated carbocycles. The Bertz CT molecular complexity index is 519. The number of fused-ring (bicyclic) bond motifs is 1. The summed E-state index contributed by atoms with van der Waals surface area (Å²) in [5.74, 6) is 0.827. The molecule has 2 rings (SSSR count). The molecule has 0 aliphatic carbocycles. The molecule has 0 radical (unpaired) electrons. The maximum absolute atomic E-state index is 10.1. The molecule has 0 saturated heterocycles. The van der Waals surface area contributed by atoms with Crippen molar-refractivity contribution in [2.75, 3.05) is 20.7 Å². The van der Waals surface area contributed by atoms with E-state index in [0.29, 0.717) is 6.54 Å². The summed E-state index contributed by atoms with van der Waals surface area (Å²) in [6.07, 6.45) is 1.45. The molecule has 2 N–H and O–H groups in total. The minimum absolute atomic E-state index is 0.504. The van der Waals surface area contributed by atoms with Crippen LogP contribution in [0.25, 0.3) is 10.9 Å². The van der Waals surface area contributed by atoms with Crippen molar-refractivity contribution < 1.29 is 9.84 Å². The van der Waals surface area contributed by atoms with Crippen LogP contribution in [0.15, 0.2) is 24.4 Å². The molecule has 0 amide bonds. The molecule has 0 bridgehead atoms. The van der Waals surface area contributed by atoms with Crippen LogP contribution in [0.4, 0.5) is 0 Å². The van der Waals surface area contributed by atoms with Gasteiger partial charge in [-0.3, -0.25) is 0 Å². The van der Waals surface area contributed by atoms with E-state index >= 15 is 0 Å². The number of rotatable bonds is 4. The van der Waals surface area contributed by atoms with E-state index in [0.717, 1.165) is 22.2 Å². The molecule has 92 valence electrons. The van der Waals surface area contributed by atoms with Crippen LogP contribution in [0, 0.1) is 0 Å². The van der Waals surface area contributed by atoms with Crippen molar-refractivity contribution in [1.29, 1.82) is 0 Å². The van der Waals surface area contributed by atoms with Gasteiger partial charge in [-0.1, -0.05) is 12.1 Å². The number of hydrogen-bond donors (Lipinski definition) is 2. The van der Waals surface area contributed by atoms with Crippen LogP contribution in [-0.2, 0) is 7.05 Å². The summed E-state index contributed by atoms with van der Waals surface area (Å²) < 4.78 is 7.33. The van der Waals surface area contributed by atoms with E-state index in [9.17, 15) is 5.11 Å². The Morgan fingerprint density at radius 3 is 2.88 bits per heavy atom. The minimum atomic E-state index is -0.504. The molecule has 1 heterocycles. The number of aromatic nitrogens is 1. The van der Waals surface area contributed by atoms with Gasteiger partial charge in [0.15, 0.2) is 0 Å². The monoisotopic (exact) mass is 234 g/mol. The maximum Gasteiger partial charge on any atom is 0.143 e. The van der Waals surface area contributed by atoms with Crippen molar-refractivity contribution in [3.05, 3.63) is 30.0 Å². The van der Waals surface area contributed by atoms with Crippen molar-refractivity contribution in [2.45, 2.75) is 6.10 Å². The number of ether oxygens (including phenoxy) is 1. The second-order valence-corrected chi connectivity index (χ2v) is 4.13. The average molecular weight is 234 g/mol. The number of aryl methyl sites for hydroxylation is 1. The Labute approximate surface area is 101 Å². The Balaban J connectivity index is 2.59. The molecule has 2 aromatic rings. The highest BCUT2D eigenvalue weighted by Gasteiger charge is 2.16. The Hall–Kier alpha value is -1.52. The van der Waals surface area contributed by atoms with E-state index in [1.165, 1.54) is 0 Å². The second-order valence-electron chi connectivity index (χ2n) is 4.13. The number of methoxy groups -OCH3 is 1. The molecular formula is C13H18N2O2. The first-order valence-corrected chi connectivity index (χ1v) is 5.63. The lowest BCUT2D eigenvalue weighted by Crippen LogP contribution is -2.16. The number of aliphatic hydroxyl groups excluding tert-OH is 1. The number of benzene rings is 1. The highest BCUT2D eigenvalue weighted by Crippen LogP contribution is 2.31. The van der Waals surface area contributed by atoms with Gasteiger partial charge in [-0.05, 0) is 13.1 Å². The van der Waals surface area contributed by atoms with E-state index in [4.69, 9.17) is 4.74 Å². The molecule has 1 aromatic heterocycles. The zero-order valence-electron chi connectivity index (χ0n) is 10.4. The first-order chi connectivity index (χ1) is 8.19. The SMILES string of the molecule is CNCC(O)c1cn(C)c2c(OC)cccc12. The van der Waals surface area contributed by atoms with E-state index in [2.05, 4.69) is 5.32 Å². The lowest BCUT2D eigenvalue weighted by molar-refractivity contribution is 0.179. The fourth-order valence-corrected chi connectivity index (χ4v) is 2.20. The summed E-state index contributed by atoms with van der Waals surface area (Å²) in [6.45, 7) is 0.538. The number of likely N-dealkylation sites (N-methyl/N-ethyl adjacent to an activating group) is 1. The third kappa shape index (κ3) is 2.01. The molecule has 0 aliphatic heterocycles. The molecule has 0 spiro atoms. The van der Waals surface area contributed by atoms with Gasteiger partial charge in [0, 0.05) is 30.7 Å². The Kier molecular flexibility index (Phi) is 3.36. The normalized spacial score (nSPS) is 12.9. The summed E-state index contributed by atoms with van der Waals surface area (Å²) in [4.78, 5) is 0. The van der Waals surface area contributed by atoms with Gasteiger partial charge < -0.3 is 19.7 Å². The summed E-state index contributed by atoms with van der Waals surface area (Å²) in [7, 11) is 5.45. The number of para-hydroxylation sites is 1. The summed E-state index contributed by atoms with van der Waals surface area (Å²) in [6, 6.07) is 5.87. The molecule has 4 heteroatoms. The Morgan fingerprint density at radius 1 is 1.47 bits per heavy atom. The van der Waals surface area contributed by atoms with Crippen LogP contribution in [0.2, 0.25) is 0 Å². The van der Waals surface area contributed by atoms with E-state index in [-0.39, 0.29) is 0 Å². The zero-order chi connectivity index (χ0) is 12.4. The maximum atomic E-state index is 10.1. The highest BCUT2D eigenvalue weighted by molar-refractivity contribution is 5.89. The number of aliphatic hydroxyl groups is 1. The average Bonchev–Trinajstić information content (AvgIpc) is 2.67.